The summed E-state index contributed by atoms with van der Waals surface area (Å²) in [6, 6.07) is 15.1. The molecule has 180 valence electrons. The number of nitrogens with zero attached hydrogens (tertiary/aromatic N) is 2. The van der Waals surface area contributed by atoms with E-state index < -0.39 is 18.1 Å². The van der Waals surface area contributed by atoms with Crippen LogP contribution in [0.25, 0.3) is 10.2 Å². The number of aromatic nitrogens is 1. The van der Waals surface area contributed by atoms with Crippen molar-refractivity contribution in [2.24, 2.45) is 0 Å². The van der Waals surface area contributed by atoms with Crippen LogP contribution < -0.4 is 9.47 Å². The smallest absolute Gasteiger partial charge is 0.491 e. The molecule has 1 aliphatic rings. The number of carbonyl (C=O) groups is 2. The van der Waals surface area contributed by atoms with Crippen molar-refractivity contribution in [2.45, 2.75) is 31.5 Å². The maximum absolute atomic E-state index is 12.2. The zero-order chi connectivity index (χ0) is 24.1. The van der Waals surface area contributed by atoms with Crippen LogP contribution in [0.5, 0.6) is 16.7 Å². The van der Waals surface area contributed by atoms with Gasteiger partial charge in [0.05, 0.1) is 16.6 Å². The molecule has 0 atom stereocenters. The average molecular weight is 494 g/mol. The highest BCUT2D eigenvalue weighted by Crippen LogP contribution is 2.32. The molecule has 7 nitrogen and oxygen atoms in total. The van der Waals surface area contributed by atoms with Gasteiger partial charge in [-0.3, -0.25) is 9.69 Å². The van der Waals surface area contributed by atoms with Gasteiger partial charge in [-0.1, -0.05) is 23.5 Å². The summed E-state index contributed by atoms with van der Waals surface area (Å²) >= 11 is 1.46. The molecule has 4 rings (SSSR count). The number of thiazole rings is 1. The third-order valence-electron chi connectivity index (χ3n) is 5.05. The van der Waals surface area contributed by atoms with Gasteiger partial charge < -0.3 is 14.2 Å². The van der Waals surface area contributed by atoms with Crippen molar-refractivity contribution in [3.8, 4) is 16.7 Å². The standard InChI is InChI=1S/C23H21F3N2O5S/c24-23(25,26)21(30)33-20(29)11-12-28(15-5-6-15)13-14-31-16-7-9-17(10-8-16)32-22-27-18-3-1-2-4-19(18)34-22/h1-4,7-10,15H,5-6,11-14H2. The summed E-state index contributed by atoms with van der Waals surface area (Å²) in [5.74, 6) is -2.44. The summed E-state index contributed by atoms with van der Waals surface area (Å²) in [5.41, 5.74) is 0.878. The number of hydrogen-bond acceptors (Lipinski definition) is 8. The minimum atomic E-state index is -5.19. The van der Waals surface area contributed by atoms with Crippen LogP contribution in [0.15, 0.2) is 48.5 Å². The van der Waals surface area contributed by atoms with E-state index in [2.05, 4.69) is 9.72 Å². The van der Waals surface area contributed by atoms with Gasteiger partial charge in [-0.25, -0.2) is 9.78 Å². The Morgan fingerprint density at radius 1 is 1.03 bits per heavy atom. The lowest BCUT2D eigenvalue weighted by Gasteiger charge is -2.21. The van der Waals surface area contributed by atoms with E-state index in [0.29, 0.717) is 29.8 Å². The van der Waals surface area contributed by atoms with Crippen LogP contribution in [0.4, 0.5) is 13.2 Å². The van der Waals surface area contributed by atoms with Crippen LogP contribution in [-0.2, 0) is 14.3 Å². The largest absolute Gasteiger partial charge is 0.492 e. The number of benzene rings is 2. The van der Waals surface area contributed by atoms with E-state index in [1.807, 2.05) is 29.2 Å². The van der Waals surface area contributed by atoms with E-state index >= 15 is 0 Å². The number of fused-ring (bicyclic) bond motifs is 1. The Balaban J connectivity index is 1.21. The van der Waals surface area contributed by atoms with Crippen LogP contribution in [0, 0.1) is 0 Å². The predicted octanol–water partition coefficient (Wildman–Crippen LogP) is 4.95. The Bertz CT molecular complexity index is 1110. The molecule has 2 aromatic carbocycles. The third-order valence-corrected chi connectivity index (χ3v) is 5.97. The molecule has 0 amide bonds. The molecule has 1 aromatic heterocycles. The fraction of sp³-hybridized carbons (Fsp3) is 0.348. The molecule has 0 radical (unpaired) electrons. The maximum atomic E-state index is 12.2. The molecule has 3 aromatic rings. The summed E-state index contributed by atoms with van der Waals surface area (Å²) < 4.78 is 53.0. The number of esters is 2. The lowest BCUT2D eigenvalue weighted by molar-refractivity contribution is -0.201. The second-order valence-electron chi connectivity index (χ2n) is 7.65. The van der Waals surface area contributed by atoms with Gasteiger partial charge in [-0.15, -0.1) is 0 Å². The fourth-order valence-corrected chi connectivity index (χ4v) is 4.08. The molecule has 11 heteroatoms. The van der Waals surface area contributed by atoms with E-state index in [4.69, 9.17) is 9.47 Å². The minimum absolute atomic E-state index is 0.187. The molecule has 0 unspecified atom stereocenters. The predicted molar refractivity (Wildman–Crippen MR) is 118 cm³/mol. The van der Waals surface area contributed by atoms with Gasteiger partial charge in [0.2, 0.25) is 0 Å². The number of alkyl halides is 3. The SMILES string of the molecule is O=C(CCN(CCOc1ccc(Oc2nc3ccccc3s2)cc1)C1CC1)OC(=O)C(F)(F)F. The van der Waals surface area contributed by atoms with E-state index in [9.17, 15) is 22.8 Å². The van der Waals surface area contributed by atoms with Crippen LogP contribution in [0.1, 0.15) is 19.3 Å². The molecule has 0 bridgehead atoms. The monoisotopic (exact) mass is 494 g/mol. The Kier molecular flexibility index (Phi) is 7.32. The summed E-state index contributed by atoms with van der Waals surface area (Å²) in [4.78, 5) is 28.7. The molecular weight excluding hydrogens is 473 g/mol. The molecule has 1 aliphatic carbocycles. The van der Waals surface area contributed by atoms with Crippen LogP contribution in [0.3, 0.4) is 0 Å². The van der Waals surface area contributed by atoms with Gasteiger partial charge >= 0.3 is 18.1 Å². The molecule has 0 spiro atoms. The van der Waals surface area contributed by atoms with Gasteiger partial charge in [0.1, 0.15) is 18.1 Å². The second kappa shape index (κ2) is 10.4. The Morgan fingerprint density at radius 2 is 1.74 bits per heavy atom. The number of halogens is 3. The Labute approximate surface area is 197 Å². The number of rotatable bonds is 10. The van der Waals surface area contributed by atoms with Gasteiger partial charge in [0.15, 0.2) is 0 Å². The Morgan fingerprint density at radius 3 is 2.41 bits per heavy atom. The average Bonchev–Trinajstić information content (AvgIpc) is 3.55. The summed E-state index contributed by atoms with van der Waals surface area (Å²) in [5, 5.41) is 0.547. The summed E-state index contributed by atoms with van der Waals surface area (Å²) in [7, 11) is 0. The van der Waals surface area contributed by atoms with Crippen molar-refractivity contribution in [1.82, 2.24) is 9.88 Å². The lowest BCUT2D eigenvalue weighted by Crippen LogP contribution is -2.34. The van der Waals surface area contributed by atoms with Gasteiger partial charge in [-0.2, -0.15) is 13.2 Å². The van der Waals surface area contributed by atoms with E-state index in [0.717, 1.165) is 23.1 Å². The van der Waals surface area contributed by atoms with Crippen LogP contribution in [0.2, 0.25) is 0 Å². The first-order valence-corrected chi connectivity index (χ1v) is 11.4. The quantitative estimate of drug-likeness (QED) is 0.291. The van der Waals surface area contributed by atoms with Crippen LogP contribution >= 0.6 is 11.3 Å². The van der Waals surface area contributed by atoms with Crippen LogP contribution in [-0.4, -0.2) is 53.7 Å². The second-order valence-corrected chi connectivity index (χ2v) is 8.64. The van der Waals surface area contributed by atoms with Gasteiger partial charge in [-0.05, 0) is 49.2 Å². The molecule has 0 aliphatic heterocycles. The molecule has 0 N–H and O–H groups in total. The first kappa shape index (κ1) is 24.0. The zero-order valence-electron chi connectivity index (χ0n) is 17.9. The highest BCUT2D eigenvalue weighted by atomic mass is 32.1. The topological polar surface area (TPSA) is 78.0 Å². The van der Waals surface area contributed by atoms with E-state index in [1.54, 1.807) is 24.3 Å². The highest BCUT2D eigenvalue weighted by Gasteiger charge is 2.42. The number of para-hydroxylation sites is 1. The summed E-state index contributed by atoms with van der Waals surface area (Å²) in [6.07, 6.45) is -3.62. The molecule has 1 heterocycles. The van der Waals surface area contributed by atoms with Crippen molar-refractivity contribution >= 4 is 33.5 Å². The van der Waals surface area contributed by atoms with Crippen molar-refractivity contribution in [3.63, 3.8) is 0 Å². The molecule has 34 heavy (non-hydrogen) atoms. The van der Waals surface area contributed by atoms with Crippen molar-refractivity contribution in [3.05, 3.63) is 48.5 Å². The normalized spacial score (nSPS) is 13.8. The number of ether oxygens (including phenoxy) is 3. The van der Waals surface area contributed by atoms with Crippen molar-refractivity contribution in [1.29, 1.82) is 0 Å². The molecule has 1 fully saturated rings. The van der Waals surface area contributed by atoms with Gasteiger partial charge in [0, 0.05) is 19.1 Å². The zero-order valence-corrected chi connectivity index (χ0v) is 18.7. The van der Waals surface area contributed by atoms with Gasteiger partial charge in [0.25, 0.3) is 5.19 Å². The third kappa shape index (κ3) is 6.67. The highest BCUT2D eigenvalue weighted by molar-refractivity contribution is 7.20. The fourth-order valence-electron chi connectivity index (χ4n) is 3.24. The van der Waals surface area contributed by atoms with E-state index in [-0.39, 0.29) is 19.0 Å². The molecular formula is C23H21F3N2O5S. The Hall–Kier alpha value is -3.18. The van der Waals surface area contributed by atoms with Crippen molar-refractivity contribution < 1.29 is 37.0 Å². The minimum Gasteiger partial charge on any atom is -0.492 e. The number of hydrogen-bond donors (Lipinski definition) is 0. The van der Waals surface area contributed by atoms with E-state index in [1.165, 1.54) is 11.3 Å². The molecule has 1 saturated carbocycles. The number of carbonyl (C=O) groups excluding carboxylic acids is 2. The lowest BCUT2D eigenvalue weighted by atomic mass is 10.3. The molecule has 0 saturated heterocycles. The summed E-state index contributed by atoms with van der Waals surface area (Å²) in [6.45, 7) is 0.993. The van der Waals surface area contributed by atoms with Crippen molar-refractivity contribution in [2.75, 3.05) is 19.7 Å². The first-order chi connectivity index (χ1) is 16.3. The first-order valence-electron chi connectivity index (χ1n) is 10.6. The maximum Gasteiger partial charge on any atom is 0.491 e.